The Labute approximate surface area is 81.5 Å². The van der Waals surface area contributed by atoms with Gasteiger partial charge in [0, 0.05) is 6.54 Å². The van der Waals surface area contributed by atoms with Crippen molar-refractivity contribution >= 4 is 11.9 Å². The van der Waals surface area contributed by atoms with Gasteiger partial charge in [0.2, 0.25) is 5.91 Å². The van der Waals surface area contributed by atoms with Crippen molar-refractivity contribution < 1.29 is 9.59 Å². The molecular formula is C10H10N2O2. The first-order valence-corrected chi connectivity index (χ1v) is 4.38. The van der Waals surface area contributed by atoms with Gasteiger partial charge >= 0.3 is 6.03 Å². The zero-order valence-corrected chi connectivity index (χ0v) is 7.56. The molecule has 3 amide bonds. The number of carbonyl (C=O) groups is 2. The van der Waals surface area contributed by atoms with Crippen LogP contribution in [0.4, 0.5) is 4.79 Å². The van der Waals surface area contributed by atoms with E-state index in [4.69, 9.17) is 0 Å². The molecule has 4 heteroatoms. The molecule has 2 rings (SSSR count). The van der Waals surface area contributed by atoms with E-state index in [1.165, 1.54) is 4.90 Å². The molecule has 0 aromatic heterocycles. The normalized spacial score (nSPS) is 15.9. The molecule has 0 saturated carbocycles. The van der Waals surface area contributed by atoms with Gasteiger partial charge in [0.25, 0.3) is 0 Å². The predicted octanol–water partition coefficient (Wildman–Crippen LogP) is 0.738. The highest BCUT2D eigenvalue weighted by atomic mass is 16.2. The van der Waals surface area contributed by atoms with E-state index in [9.17, 15) is 9.59 Å². The molecule has 1 fully saturated rings. The van der Waals surface area contributed by atoms with Gasteiger partial charge in [-0.05, 0) is 5.56 Å². The summed E-state index contributed by atoms with van der Waals surface area (Å²) < 4.78 is 0. The number of amides is 3. The van der Waals surface area contributed by atoms with Crippen molar-refractivity contribution in [2.24, 2.45) is 0 Å². The molecule has 1 aromatic carbocycles. The second kappa shape index (κ2) is 3.49. The molecule has 0 unspecified atom stereocenters. The van der Waals surface area contributed by atoms with E-state index in [1.807, 2.05) is 30.3 Å². The van der Waals surface area contributed by atoms with E-state index >= 15 is 0 Å². The highest BCUT2D eigenvalue weighted by Crippen LogP contribution is 2.07. The van der Waals surface area contributed by atoms with Gasteiger partial charge in [0.15, 0.2) is 0 Å². The van der Waals surface area contributed by atoms with Crippen LogP contribution in [0.5, 0.6) is 0 Å². The molecule has 1 aliphatic rings. The molecule has 0 spiro atoms. The SMILES string of the molecule is O=C1CN(Cc2ccccc2)C(=O)N1. The number of hydrogen-bond donors (Lipinski definition) is 1. The zero-order chi connectivity index (χ0) is 9.97. The maximum atomic E-state index is 11.2. The summed E-state index contributed by atoms with van der Waals surface area (Å²) in [6.45, 7) is 0.645. The average molecular weight is 190 g/mol. The van der Waals surface area contributed by atoms with Crippen molar-refractivity contribution in [1.82, 2.24) is 10.2 Å². The molecular weight excluding hydrogens is 180 g/mol. The Bertz CT molecular complexity index is 362. The van der Waals surface area contributed by atoms with E-state index in [-0.39, 0.29) is 18.5 Å². The maximum absolute atomic E-state index is 11.2. The second-order valence-corrected chi connectivity index (χ2v) is 3.19. The lowest BCUT2D eigenvalue weighted by molar-refractivity contribution is -0.118. The van der Waals surface area contributed by atoms with Crippen molar-refractivity contribution in [2.45, 2.75) is 6.54 Å². The quantitative estimate of drug-likeness (QED) is 0.699. The Hall–Kier alpha value is -1.84. The largest absolute Gasteiger partial charge is 0.324 e. The Balaban J connectivity index is 2.05. The van der Waals surface area contributed by atoms with E-state index in [0.29, 0.717) is 6.54 Å². The van der Waals surface area contributed by atoms with Gasteiger partial charge in [-0.1, -0.05) is 30.3 Å². The summed E-state index contributed by atoms with van der Waals surface area (Å²) in [5.41, 5.74) is 1.03. The van der Waals surface area contributed by atoms with Gasteiger partial charge in [-0.3, -0.25) is 10.1 Å². The summed E-state index contributed by atoms with van der Waals surface area (Å²) in [7, 11) is 0. The minimum atomic E-state index is -0.307. The second-order valence-electron chi connectivity index (χ2n) is 3.19. The van der Waals surface area contributed by atoms with Gasteiger partial charge in [0.05, 0.1) is 0 Å². The minimum absolute atomic E-state index is 0.160. The Morgan fingerprint density at radius 3 is 2.50 bits per heavy atom. The van der Waals surface area contributed by atoms with Crippen LogP contribution in [0.25, 0.3) is 0 Å². The van der Waals surface area contributed by atoms with Crippen LogP contribution in [-0.2, 0) is 11.3 Å². The predicted molar refractivity (Wildman–Crippen MR) is 50.4 cm³/mol. The van der Waals surface area contributed by atoms with Gasteiger partial charge in [-0.15, -0.1) is 0 Å². The number of imide groups is 1. The first-order chi connectivity index (χ1) is 6.75. The van der Waals surface area contributed by atoms with E-state index in [0.717, 1.165) is 5.56 Å². The van der Waals surface area contributed by atoms with Crippen molar-refractivity contribution in [2.75, 3.05) is 6.54 Å². The Kier molecular flexibility index (Phi) is 2.18. The van der Waals surface area contributed by atoms with Crippen LogP contribution in [0.3, 0.4) is 0 Å². The van der Waals surface area contributed by atoms with E-state index in [1.54, 1.807) is 0 Å². The standard InChI is InChI=1S/C10H10N2O2/c13-9-7-12(10(14)11-9)6-8-4-2-1-3-5-8/h1-5H,6-7H2,(H,11,13,14). The molecule has 0 aliphatic carbocycles. The lowest BCUT2D eigenvalue weighted by atomic mass is 10.2. The van der Waals surface area contributed by atoms with Gasteiger partial charge in [0.1, 0.15) is 6.54 Å². The third kappa shape index (κ3) is 1.74. The highest BCUT2D eigenvalue weighted by molar-refractivity contribution is 6.01. The number of benzene rings is 1. The van der Waals surface area contributed by atoms with E-state index in [2.05, 4.69) is 5.32 Å². The number of nitrogens with zero attached hydrogens (tertiary/aromatic N) is 1. The van der Waals surface area contributed by atoms with Crippen molar-refractivity contribution in [1.29, 1.82) is 0 Å². The van der Waals surface area contributed by atoms with Crippen LogP contribution in [0, 0.1) is 0 Å². The van der Waals surface area contributed by atoms with Crippen molar-refractivity contribution in [3.8, 4) is 0 Å². The smallest absolute Gasteiger partial charge is 0.311 e. The topological polar surface area (TPSA) is 49.4 Å². The molecule has 1 heterocycles. The Morgan fingerprint density at radius 1 is 1.21 bits per heavy atom. The number of rotatable bonds is 2. The fourth-order valence-corrected chi connectivity index (χ4v) is 1.41. The van der Waals surface area contributed by atoms with E-state index < -0.39 is 0 Å². The number of urea groups is 1. The molecule has 0 atom stereocenters. The van der Waals surface area contributed by atoms with Crippen LogP contribution >= 0.6 is 0 Å². The summed E-state index contributed by atoms with van der Waals surface area (Å²) in [5.74, 6) is -0.231. The summed E-state index contributed by atoms with van der Waals surface area (Å²) in [6, 6.07) is 9.28. The average Bonchev–Trinajstić information content (AvgIpc) is 2.47. The summed E-state index contributed by atoms with van der Waals surface area (Å²) in [5, 5.41) is 2.24. The molecule has 14 heavy (non-hydrogen) atoms. The third-order valence-electron chi connectivity index (χ3n) is 2.08. The molecule has 72 valence electrons. The van der Waals surface area contributed by atoms with Crippen molar-refractivity contribution in [3.05, 3.63) is 35.9 Å². The fourth-order valence-electron chi connectivity index (χ4n) is 1.41. The molecule has 1 aliphatic heterocycles. The van der Waals surface area contributed by atoms with Crippen LogP contribution in [0.15, 0.2) is 30.3 Å². The highest BCUT2D eigenvalue weighted by Gasteiger charge is 2.26. The van der Waals surface area contributed by atoms with Crippen molar-refractivity contribution in [3.63, 3.8) is 0 Å². The molecule has 1 aromatic rings. The number of hydrogen-bond acceptors (Lipinski definition) is 2. The third-order valence-corrected chi connectivity index (χ3v) is 2.08. The molecule has 0 radical (unpaired) electrons. The van der Waals surface area contributed by atoms with Gasteiger partial charge in [-0.2, -0.15) is 0 Å². The number of carbonyl (C=O) groups excluding carboxylic acids is 2. The first-order valence-electron chi connectivity index (χ1n) is 4.38. The van der Waals surface area contributed by atoms with Gasteiger partial charge < -0.3 is 4.90 Å². The van der Waals surface area contributed by atoms with Crippen LogP contribution in [0.2, 0.25) is 0 Å². The lowest BCUT2D eigenvalue weighted by Gasteiger charge is -2.12. The van der Waals surface area contributed by atoms with Crippen LogP contribution in [0.1, 0.15) is 5.56 Å². The lowest BCUT2D eigenvalue weighted by Crippen LogP contribution is -2.27. The molecule has 0 bridgehead atoms. The first kappa shape index (κ1) is 8.74. The maximum Gasteiger partial charge on any atom is 0.324 e. The minimum Gasteiger partial charge on any atom is -0.311 e. The summed E-state index contributed by atoms with van der Waals surface area (Å²) in [6.07, 6.45) is 0. The van der Waals surface area contributed by atoms with Crippen LogP contribution in [-0.4, -0.2) is 23.4 Å². The zero-order valence-electron chi connectivity index (χ0n) is 7.56. The summed E-state index contributed by atoms with van der Waals surface area (Å²) in [4.78, 5) is 23.5. The number of nitrogens with one attached hydrogen (secondary N) is 1. The van der Waals surface area contributed by atoms with Crippen LogP contribution < -0.4 is 5.32 Å². The molecule has 1 N–H and O–H groups in total. The molecule has 1 saturated heterocycles. The molecule has 4 nitrogen and oxygen atoms in total. The van der Waals surface area contributed by atoms with Gasteiger partial charge in [-0.25, -0.2) is 4.79 Å². The summed E-state index contributed by atoms with van der Waals surface area (Å²) >= 11 is 0. The fraction of sp³-hybridized carbons (Fsp3) is 0.200. The monoisotopic (exact) mass is 190 g/mol. The Morgan fingerprint density at radius 2 is 1.93 bits per heavy atom.